The number of aryl methyl sites for hydroxylation is 1. The van der Waals surface area contributed by atoms with E-state index in [9.17, 15) is 18.8 Å². The molecule has 1 fully saturated rings. The number of carbonyl (C=O) groups excluding carboxylic acids is 2. The Kier molecular flexibility index (Phi) is 7.78. The molecule has 2 amide bonds. The van der Waals surface area contributed by atoms with Gasteiger partial charge in [0, 0.05) is 32.5 Å². The fraction of sp³-hybridized carbons (Fsp3) is 0.550. The fourth-order valence-electron chi connectivity index (χ4n) is 3.56. The molecule has 0 spiro atoms. The van der Waals surface area contributed by atoms with Crippen molar-refractivity contribution in [3.8, 4) is 5.75 Å². The lowest BCUT2D eigenvalue weighted by Gasteiger charge is -2.28. The second kappa shape index (κ2) is 10.1. The van der Waals surface area contributed by atoms with Gasteiger partial charge in [-0.25, -0.2) is 4.39 Å². The van der Waals surface area contributed by atoms with Gasteiger partial charge in [0.1, 0.15) is 6.54 Å². The van der Waals surface area contributed by atoms with Crippen LogP contribution in [0.15, 0.2) is 18.2 Å². The van der Waals surface area contributed by atoms with E-state index in [-0.39, 0.29) is 36.6 Å². The molecule has 0 aromatic heterocycles. The Hall–Kier alpha value is -2.64. The largest absolute Gasteiger partial charge is 0.494 e. The number of benzene rings is 1. The van der Waals surface area contributed by atoms with Crippen LogP contribution in [0.5, 0.6) is 5.75 Å². The molecule has 154 valence electrons. The number of methoxy groups -OCH3 is 1. The molecular formula is C20H27FN2O5. The molecule has 1 atom stereocenters. The molecule has 0 radical (unpaired) electrons. The van der Waals surface area contributed by atoms with E-state index in [2.05, 4.69) is 0 Å². The number of halogens is 1. The lowest BCUT2D eigenvalue weighted by Crippen LogP contribution is -2.43. The molecule has 0 saturated carbocycles. The maximum Gasteiger partial charge on any atom is 0.323 e. The van der Waals surface area contributed by atoms with Crippen molar-refractivity contribution in [2.45, 2.75) is 45.1 Å². The summed E-state index contributed by atoms with van der Waals surface area (Å²) < 4.78 is 18.7. The molecule has 28 heavy (non-hydrogen) atoms. The Bertz CT molecular complexity index is 725. The van der Waals surface area contributed by atoms with Gasteiger partial charge in [-0.05, 0) is 43.4 Å². The van der Waals surface area contributed by atoms with Gasteiger partial charge in [0.15, 0.2) is 11.6 Å². The van der Waals surface area contributed by atoms with Crippen molar-refractivity contribution < 1.29 is 28.6 Å². The highest BCUT2D eigenvalue weighted by Crippen LogP contribution is 2.20. The van der Waals surface area contributed by atoms with Crippen LogP contribution in [-0.2, 0) is 20.8 Å². The number of carboxylic acid groups (broad SMARTS) is 1. The van der Waals surface area contributed by atoms with Gasteiger partial charge in [-0.15, -0.1) is 0 Å². The first kappa shape index (κ1) is 21.7. The second-order valence-corrected chi connectivity index (χ2v) is 6.98. The predicted molar refractivity (Wildman–Crippen MR) is 101 cm³/mol. The minimum atomic E-state index is -1.04. The van der Waals surface area contributed by atoms with Crippen LogP contribution < -0.4 is 4.74 Å². The molecule has 1 aromatic carbocycles. The van der Waals surface area contributed by atoms with Crippen LogP contribution in [0.1, 0.15) is 38.2 Å². The first-order chi connectivity index (χ1) is 13.3. The number of likely N-dealkylation sites (tertiary alicyclic amines) is 1. The lowest BCUT2D eigenvalue weighted by molar-refractivity contribution is -0.145. The Morgan fingerprint density at radius 2 is 2.04 bits per heavy atom. The molecule has 1 aliphatic heterocycles. The van der Waals surface area contributed by atoms with Gasteiger partial charge in [0.25, 0.3) is 0 Å². The highest BCUT2D eigenvalue weighted by Gasteiger charge is 2.27. The van der Waals surface area contributed by atoms with Crippen molar-refractivity contribution in [2.75, 3.05) is 26.7 Å². The normalized spacial score (nSPS) is 17.0. The first-order valence-corrected chi connectivity index (χ1v) is 9.41. The SMILES string of the molecule is COc1ccc(CCC(=O)N2CCCC(N(CC(=O)O)C(C)=O)CC2)cc1F. The van der Waals surface area contributed by atoms with Gasteiger partial charge < -0.3 is 19.6 Å². The summed E-state index contributed by atoms with van der Waals surface area (Å²) in [5.41, 5.74) is 0.726. The third-order valence-electron chi connectivity index (χ3n) is 5.04. The van der Waals surface area contributed by atoms with Crippen LogP contribution in [0, 0.1) is 5.82 Å². The molecule has 1 unspecified atom stereocenters. The smallest absolute Gasteiger partial charge is 0.323 e. The minimum absolute atomic E-state index is 0.0236. The summed E-state index contributed by atoms with van der Waals surface area (Å²) >= 11 is 0. The summed E-state index contributed by atoms with van der Waals surface area (Å²) in [5, 5.41) is 9.01. The number of hydrogen-bond donors (Lipinski definition) is 1. The maximum absolute atomic E-state index is 13.8. The van der Waals surface area contributed by atoms with E-state index < -0.39 is 11.8 Å². The summed E-state index contributed by atoms with van der Waals surface area (Å²) in [6, 6.07) is 4.48. The van der Waals surface area contributed by atoms with Crippen molar-refractivity contribution in [3.05, 3.63) is 29.6 Å². The van der Waals surface area contributed by atoms with Crippen molar-refractivity contribution in [1.29, 1.82) is 0 Å². The van der Waals surface area contributed by atoms with E-state index in [4.69, 9.17) is 9.84 Å². The van der Waals surface area contributed by atoms with Gasteiger partial charge in [0.2, 0.25) is 11.8 Å². The average Bonchev–Trinajstić information content (AvgIpc) is 2.90. The molecule has 7 nitrogen and oxygen atoms in total. The Labute approximate surface area is 164 Å². The van der Waals surface area contributed by atoms with E-state index in [0.29, 0.717) is 38.8 Å². The number of nitrogens with zero attached hydrogens (tertiary/aromatic N) is 2. The molecular weight excluding hydrogens is 367 g/mol. The molecule has 1 heterocycles. The Morgan fingerprint density at radius 3 is 2.64 bits per heavy atom. The number of amides is 2. The van der Waals surface area contributed by atoms with Crippen molar-refractivity contribution in [2.24, 2.45) is 0 Å². The summed E-state index contributed by atoms with van der Waals surface area (Å²) in [6.07, 6.45) is 2.62. The van der Waals surface area contributed by atoms with Crippen LogP contribution in [-0.4, -0.2) is 65.5 Å². The molecule has 1 N–H and O–H groups in total. The van der Waals surface area contributed by atoms with Gasteiger partial charge in [0.05, 0.1) is 7.11 Å². The number of rotatable bonds is 7. The van der Waals surface area contributed by atoms with Crippen molar-refractivity contribution in [3.63, 3.8) is 0 Å². The highest BCUT2D eigenvalue weighted by atomic mass is 19.1. The average molecular weight is 394 g/mol. The van der Waals surface area contributed by atoms with Crippen LogP contribution in [0.25, 0.3) is 0 Å². The molecule has 8 heteroatoms. The Balaban J connectivity index is 1.90. The summed E-state index contributed by atoms with van der Waals surface area (Å²) in [4.78, 5) is 38.5. The number of carboxylic acids is 1. The zero-order valence-corrected chi connectivity index (χ0v) is 16.3. The number of hydrogen-bond acceptors (Lipinski definition) is 4. The number of aliphatic carboxylic acids is 1. The number of carbonyl (C=O) groups is 3. The van der Waals surface area contributed by atoms with Crippen LogP contribution in [0.2, 0.25) is 0 Å². The van der Waals surface area contributed by atoms with Gasteiger partial charge in [-0.3, -0.25) is 14.4 Å². The van der Waals surface area contributed by atoms with E-state index in [1.165, 1.54) is 25.0 Å². The van der Waals surface area contributed by atoms with E-state index in [1.54, 1.807) is 17.0 Å². The third kappa shape index (κ3) is 5.94. The van der Waals surface area contributed by atoms with Crippen molar-refractivity contribution in [1.82, 2.24) is 9.80 Å². The highest BCUT2D eigenvalue weighted by molar-refractivity contribution is 5.80. The molecule has 1 aliphatic rings. The van der Waals surface area contributed by atoms with Crippen LogP contribution in [0.4, 0.5) is 4.39 Å². The monoisotopic (exact) mass is 394 g/mol. The van der Waals surface area contributed by atoms with Crippen LogP contribution in [0.3, 0.4) is 0 Å². The standard InChI is InChI=1S/C20H27FN2O5/c1-14(24)23(13-20(26)27)16-4-3-10-22(11-9-16)19(25)8-6-15-5-7-18(28-2)17(21)12-15/h5,7,12,16H,3-4,6,8-11,13H2,1-2H3,(H,26,27). The Morgan fingerprint density at radius 1 is 1.29 bits per heavy atom. The van der Waals surface area contributed by atoms with Gasteiger partial charge in [-0.1, -0.05) is 6.07 Å². The van der Waals surface area contributed by atoms with E-state index in [0.717, 1.165) is 5.56 Å². The van der Waals surface area contributed by atoms with E-state index >= 15 is 0 Å². The van der Waals surface area contributed by atoms with Gasteiger partial charge in [-0.2, -0.15) is 0 Å². The van der Waals surface area contributed by atoms with Crippen molar-refractivity contribution >= 4 is 17.8 Å². The summed E-state index contributed by atoms with van der Waals surface area (Å²) in [7, 11) is 1.40. The zero-order valence-electron chi connectivity index (χ0n) is 16.3. The molecule has 0 bridgehead atoms. The lowest BCUT2D eigenvalue weighted by atomic mass is 10.1. The topological polar surface area (TPSA) is 87.2 Å². The summed E-state index contributed by atoms with van der Waals surface area (Å²) in [5.74, 6) is -1.62. The van der Waals surface area contributed by atoms with Gasteiger partial charge >= 0.3 is 5.97 Å². The third-order valence-corrected chi connectivity index (χ3v) is 5.04. The van der Waals surface area contributed by atoms with Crippen LogP contribution >= 0.6 is 0 Å². The van der Waals surface area contributed by atoms with E-state index in [1.807, 2.05) is 0 Å². The zero-order chi connectivity index (χ0) is 20.7. The number of ether oxygens (including phenoxy) is 1. The minimum Gasteiger partial charge on any atom is -0.494 e. The maximum atomic E-state index is 13.8. The second-order valence-electron chi connectivity index (χ2n) is 6.98. The first-order valence-electron chi connectivity index (χ1n) is 9.41. The molecule has 1 aromatic rings. The molecule has 1 saturated heterocycles. The molecule has 2 rings (SSSR count). The fourth-order valence-corrected chi connectivity index (χ4v) is 3.56. The quantitative estimate of drug-likeness (QED) is 0.765. The predicted octanol–water partition coefficient (Wildman–Crippen LogP) is 2.08. The summed E-state index contributed by atoms with van der Waals surface area (Å²) in [6.45, 7) is 2.09. The molecule has 0 aliphatic carbocycles.